The number of carbonyl (C=O) groups excluding carboxylic acids is 1. The van der Waals surface area contributed by atoms with E-state index in [1.54, 1.807) is 0 Å². The largest absolute Gasteiger partial charge is 0.486 e. The van der Waals surface area contributed by atoms with Crippen molar-refractivity contribution < 1.29 is 32.3 Å². The molecule has 1 amide bonds. The molecule has 24 heavy (non-hydrogen) atoms. The average molecular weight is 345 g/mol. The lowest BCUT2D eigenvalue weighted by Gasteiger charge is -2.24. The second-order valence-corrected chi connectivity index (χ2v) is 6.07. The van der Waals surface area contributed by atoms with Crippen LogP contribution in [0, 0.1) is 0 Å². The van der Waals surface area contributed by atoms with Crippen LogP contribution in [-0.2, 0) is 4.79 Å². The topological polar surface area (TPSA) is 52.0 Å². The van der Waals surface area contributed by atoms with Crippen LogP contribution in [0.1, 0.15) is 24.4 Å². The maximum atomic E-state index is 12.2. The van der Waals surface area contributed by atoms with Gasteiger partial charge in [-0.15, -0.1) is 0 Å². The van der Waals surface area contributed by atoms with E-state index < -0.39 is 18.6 Å². The second-order valence-electron chi connectivity index (χ2n) is 6.07. The van der Waals surface area contributed by atoms with E-state index in [0.29, 0.717) is 24.7 Å². The molecule has 0 aliphatic carbocycles. The Morgan fingerprint density at radius 1 is 1.25 bits per heavy atom. The standard InChI is InChI=1S/C16H19F3N2O3/c17-16(18,19)10-20-15(22)9-21-5-1-2-12(21)11-3-4-13-14(8-11)24-7-6-23-13/h3-4,8,12H,1-2,5-7,9-10H2,(H,20,22)/p+1/t12-/m0/s1. The first-order chi connectivity index (χ1) is 11.4. The fourth-order valence-corrected chi connectivity index (χ4v) is 3.27. The van der Waals surface area contributed by atoms with Gasteiger partial charge in [-0.25, -0.2) is 0 Å². The molecule has 2 atom stereocenters. The summed E-state index contributed by atoms with van der Waals surface area (Å²) in [4.78, 5) is 12.8. The van der Waals surface area contributed by atoms with E-state index in [2.05, 4.69) is 0 Å². The molecule has 0 aromatic heterocycles. The van der Waals surface area contributed by atoms with Crippen LogP contribution in [0.5, 0.6) is 11.5 Å². The number of alkyl halides is 3. The molecule has 0 saturated carbocycles. The number of ether oxygens (including phenoxy) is 2. The lowest BCUT2D eigenvalue weighted by atomic mass is 10.0. The fourth-order valence-electron chi connectivity index (χ4n) is 3.27. The molecule has 1 aromatic rings. The first-order valence-electron chi connectivity index (χ1n) is 8.00. The summed E-state index contributed by atoms with van der Waals surface area (Å²) < 4.78 is 47.6. The molecule has 2 aliphatic rings. The Hall–Kier alpha value is -1.96. The molecule has 8 heteroatoms. The minimum atomic E-state index is -4.38. The highest BCUT2D eigenvalue weighted by atomic mass is 19.4. The summed E-state index contributed by atoms with van der Waals surface area (Å²) in [5.74, 6) is 0.811. The van der Waals surface area contributed by atoms with Gasteiger partial charge in [0.2, 0.25) is 0 Å². The van der Waals surface area contributed by atoms with E-state index in [4.69, 9.17) is 9.47 Å². The molecule has 1 saturated heterocycles. The average Bonchev–Trinajstić information content (AvgIpc) is 3.00. The summed E-state index contributed by atoms with van der Waals surface area (Å²) in [6, 6.07) is 5.79. The molecule has 1 fully saturated rings. The molecule has 2 aliphatic heterocycles. The molecule has 2 heterocycles. The van der Waals surface area contributed by atoms with Crippen LogP contribution in [0.3, 0.4) is 0 Å². The Bertz CT molecular complexity index is 607. The number of nitrogens with one attached hydrogen (secondary N) is 2. The van der Waals surface area contributed by atoms with Crippen LogP contribution in [0.25, 0.3) is 0 Å². The SMILES string of the molecule is O=C(C[NH+]1CCC[C@H]1c1ccc2c(c1)OCCO2)NCC(F)(F)F. The number of fused-ring (bicyclic) bond motifs is 1. The molecule has 132 valence electrons. The molecule has 1 aromatic carbocycles. The number of carbonyl (C=O) groups is 1. The van der Waals surface area contributed by atoms with Crippen molar-refractivity contribution in [3.05, 3.63) is 23.8 Å². The molecule has 0 spiro atoms. The van der Waals surface area contributed by atoms with Gasteiger partial charge in [0, 0.05) is 18.4 Å². The van der Waals surface area contributed by atoms with Gasteiger partial charge in [0.05, 0.1) is 6.54 Å². The number of amides is 1. The van der Waals surface area contributed by atoms with Crippen LogP contribution in [-0.4, -0.2) is 44.9 Å². The number of benzene rings is 1. The van der Waals surface area contributed by atoms with E-state index in [1.807, 2.05) is 23.5 Å². The van der Waals surface area contributed by atoms with Crippen LogP contribution >= 0.6 is 0 Å². The Kier molecular flexibility index (Phi) is 4.84. The summed E-state index contributed by atoms with van der Waals surface area (Å²) in [5.41, 5.74) is 1.02. The Morgan fingerprint density at radius 2 is 2.00 bits per heavy atom. The van der Waals surface area contributed by atoms with Gasteiger partial charge in [0.1, 0.15) is 25.8 Å². The monoisotopic (exact) mass is 345 g/mol. The first-order valence-corrected chi connectivity index (χ1v) is 8.00. The normalized spacial score (nSPS) is 23.1. The van der Waals surface area contributed by atoms with E-state index in [0.717, 1.165) is 29.8 Å². The van der Waals surface area contributed by atoms with Crippen molar-refractivity contribution >= 4 is 5.91 Å². The third-order valence-electron chi connectivity index (χ3n) is 4.33. The molecule has 5 nitrogen and oxygen atoms in total. The van der Waals surface area contributed by atoms with Crippen molar-refractivity contribution in [2.45, 2.75) is 25.1 Å². The van der Waals surface area contributed by atoms with Crippen molar-refractivity contribution in [3.8, 4) is 11.5 Å². The molecular formula is C16H20F3N2O3+. The minimum Gasteiger partial charge on any atom is -0.486 e. The zero-order chi connectivity index (χ0) is 17.2. The lowest BCUT2D eigenvalue weighted by Crippen LogP contribution is -3.11. The number of rotatable bonds is 4. The second kappa shape index (κ2) is 6.88. The van der Waals surface area contributed by atoms with Crippen LogP contribution in [0.15, 0.2) is 18.2 Å². The number of quaternary nitrogens is 1. The molecular weight excluding hydrogens is 325 g/mol. The molecule has 0 bridgehead atoms. The van der Waals surface area contributed by atoms with Gasteiger partial charge in [-0.3, -0.25) is 4.79 Å². The lowest BCUT2D eigenvalue weighted by molar-refractivity contribution is -0.910. The number of halogens is 3. The zero-order valence-corrected chi connectivity index (χ0v) is 13.1. The molecule has 0 radical (unpaired) electrons. The Labute approximate surface area is 137 Å². The smallest absolute Gasteiger partial charge is 0.405 e. The molecule has 3 rings (SSSR count). The van der Waals surface area contributed by atoms with Gasteiger partial charge < -0.3 is 19.7 Å². The highest BCUT2D eigenvalue weighted by Gasteiger charge is 2.34. The van der Waals surface area contributed by atoms with Gasteiger partial charge >= 0.3 is 6.18 Å². The fraction of sp³-hybridized carbons (Fsp3) is 0.562. The summed E-state index contributed by atoms with van der Waals surface area (Å²) in [6.07, 6.45) is -2.56. The van der Waals surface area contributed by atoms with E-state index in [1.165, 1.54) is 0 Å². The van der Waals surface area contributed by atoms with Gasteiger partial charge in [-0.2, -0.15) is 13.2 Å². The quantitative estimate of drug-likeness (QED) is 0.851. The Balaban J connectivity index is 1.64. The maximum absolute atomic E-state index is 12.2. The van der Waals surface area contributed by atoms with E-state index >= 15 is 0 Å². The summed E-state index contributed by atoms with van der Waals surface area (Å²) in [5, 5.41) is 1.94. The van der Waals surface area contributed by atoms with E-state index in [-0.39, 0.29) is 12.6 Å². The zero-order valence-electron chi connectivity index (χ0n) is 13.1. The maximum Gasteiger partial charge on any atom is 0.405 e. The van der Waals surface area contributed by atoms with Crippen molar-refractivity contribution in [1.82, 2.24) is 5.32 Å². The summed E-state index contributed by atoms with van der Waals surface area (Å²) in [7, 11) is 0. The third kappa shape index (κ3) is 4.11. The third-order valence-corrected chi connectivity index (χ3v) is 4.33. The predicted molar refractivity (Wildman–Crippen MR) is 79.2 cm³/mol. The first kappa shape index (κ1) is 16.9. The summed E-state index contributed by atoms with van der Waals surface area (Å²) >= 11 is 0. The highest BCUT2D eigenvalue weighted by Crippen LogP contribution is 2.33. The number of hydrogen-bond donors (Lipinski definition) is 2. The predicted octanol–water partition coefficient (Wildman–Crippen LogP) is 0.856. The van der Waals surface area contributed by atoms with Crippen molar-refractivity contribution in [2.24, 2.45) is 0 Å². The minimum absolute atomic E-state index is 0.0369. The Morgan fingerprint density at radius 3 is 2.75 bits per heavy atom. The van der Waals surface area contributed by atoms with Crippen LogP contribution < -0.4 is 19.7 Å². The van der Waals surface area contributed by atoms with Gasteiger partial charge in [-0.05, 0) is 18.2 Å². The van der Waals surface area contributed by atoms with Crippen molar-refractivity contribution in [1.29, 1.82) is 0 Å². The molecule has 2 N–H and O–H groups in total. The number of likely N-dealkylation sites (tertiary alicyclic amines) is 1. The van der Waals surface area contributed by atoms with Gasteiger partial charge in [0.15, 0.2) is 18.0 Å². The summed E-state index contributed by atoms with van der Waals surface area (Å²) in [6.45, 7) is 0.533. The van der Waals surface area contributed by atoms with E-state index in [9.17, 15) is 18.0 Å². The van der Waals surface area contributed by atoms with Gasteiger partial charge in [0.25, 0.3) is 5.91 Å². The number of hydrogen-bond acceptors (Lipinski definition) is 3. The highest BCUT2D eigenvalue weighted by molar-refractivity contribution is 5.76. The van der Waals surface area contributed by atoms with Crippen molar-refractivity contribution in [3.63, 3.8) is 0 Å². The van der Waals surface area contributed by atoms with Crippen LogP contribution in [0.4, 0.5) is 13.2 Å². The van der Waals surface area contributed by atoms with Gasteiger partial charge in [-0.1, -0.05) is 0 Å². The van der Waals surface area contributed by atoms with Crippen LogP contribution in [0.2, 0.25) is 0 Å². The van der Waals surface area contributed by atoms with Crippen molar-refractivity contribution in [2.75, 3.05) is 32.8 Å². The molecule has 1 unspecified atom stereocenters.